The van der Waals surface area contributed by atoms with Crippen molar-refractivity contribution in [2.75, 3.05) is 6.61 Å². The van der Waals surface area contributed by atoms with Gasteiger partial charge in [-0.15, -0.1) is 0 Å². The van der Waals surface area contributed by atoms with Crippen molar-refractivity contribution < 1.29 is 14.6 Å². The smallest absolute Gasteiger partial charge is 0.308 e. The van der Waals surface area contributed by atoms with Crippen molar-refractivity contribution in [3.63, 3.8) is 0 Å². The molecule has 3 nitrogen and oxygen atoms in total. The van der Waals surface area contributed by atoms with E-state index in [9.17, 15) is 9.90 Å². The number of carbonyl (C=O) groups excluding carboxylic acids is 1. The van der Waals surface area contributed by atoms with Gasteiger partial charge in [-0.3, -0.25) is 4.79 Å². The van der Waals surface area contributed by atoms with Crippen LogP contribution in [0.25, 0.3) is 0 Å². The molecule has 4 heteroatoms. The molecule has 0 aromatic heterocycles. The van der Waals surface area contributed by atoms with Crippen molar-refractivity contribution in [1.29, 1.82) is 0 Å². The molecule has 0 amide bonds. The number of esters is 1. The molecule has 0 radical (unpaired) electrons. The standard InChI is InChI=1S/C12H15ClO3/c1-3-16-12(15)7-11(14)9-5-4-8(2)10(13)6-9/h4-6,11,14H,3,7H2,1-2H3. The number of rotatable bonds is 4. The molecule has 88 valence electrons. The topological polar surface area (TPSA) is 46.5 Å². The molecule has 0 spiro atoms. The largest absolute Gasteiger partial charge is 0.466 e. The number of aryl methyl sites for hydroxylation is 1. The molecule has 0 aliphatic rings. The summed E-state index contributed by atoms with van der Waals surface area (Å²) in [6.45, 7) is 3.93. The number of carbonyl (C=O) groups is 1. The number of ether oxygens (including phenoxy) is 1. The number of benzene rings is 1. The van der Waals surface area contributed by atoms with Gasteiger partial charge in [-0.05, 0) is 31.0 Å². The first kappa shape index (κ1) is 13.0. The van der Waals surface area contributed by atoms with Crippen LogP contribution in [-0.2, 0) is 9.53 Å². The molecule has 16 heavy (non-hydrogen) atoms. The lowest BCUT2D eigenvalue weighted by Gasteiger charge is -2.11. The zero-order valence-electron chi connectivity index (χ0n) is 9.37. The lowest BCUT2D eigenvalue weighted by Crippen LogP contribution is -2.10. The van der Waals surface area contributed by atoms with Gasteiger partial charge < -0.3 is 9.84 Å². The van der Waals surface area contributed by atoms with Gasteiger partial charge in [0.25, 0.3) is 0 Å². The van der Waals surface area contributed by atoms with Crippen molar-refractivity contribution in [2.45, 2.75) is 26.4 Å². The van der Waals surface area contributed by atoms with E-state index in [4.69, 9.17) is 16.3 Å². The molecular weight excluding hydrogens is 228 g/mol. The molecule has 0 bridgehead atoms. The van der Waals surface area contributed by atoms with E-state index >= 15 is 0 Å². The number of hydrogen-bond acceptors (Lipinski definition) is 3. The Morgan fingerprint density at radius 3 is 2.81 bits per heavy atom. The molecule has 0 heterocycles. The van der Waals surface area contributed by atoms with Crippen LogP contribution in [0.2, 0.25) is 5.02 Å². The molecule has 0 saturated heterocycles. The summed E-state index contributed by atoms with van der Waals surface area (Å²) in [4.78, 5) is 11.2. The summed E-state index contributed by atoms with van der Waals surface area (Å²) in [5, 5.41) is 10.4. The van der Waals surface area contributed by atoms with Crippen LogP contribution < -0.4 is 0 Å². The van der Waals surface area contributed by atoms with E-state index in [2.05, 4.69) is 0 Å². The maximum Gasteiger partial charge on any atom is 0.308 e. The summed E-state index contributed by atoms with van der Waals surface area (Å²) >= 11 is 5.93. The van der Waals surface area contributed by atoms with Crippen LogP contribution in [-0.4, -0.2) is 17.7 Å². The minimum absolute atomic E-state index is 0.0484. The summed E-state index contributed by atoms with van der Waals surface area (Å²) in [5.41, 5.74) is 1.57. The fourth-order valence-corrected chi connectivity index (χ4v) is 1.50. The molecule has 1 N–H and O–H groups in total. The third kappa shape index (κ3) is 3.51. The van der Waals surface area contributed by atoms with Crippen LogP contribution in [0.5, 0.6) is 0 Å². The quantitative estimate of drug-likeness (QED) is 0.826. The zero-order chi connectivity index (χ0) is 12.1. The third-order valence-electron chi connectivity index (χ3n) is 2.25. The maximum atomic E-state index is 11.2. The van der Waals surface area contributed by atoms with Crippen LogP contribution in [0.1, 0.15) is 30.6 Å². The Kier molecular flexibility index (Phi) is 4.77. The van der Waals surface area contributed by atoms with Crippen LogP contribution in [0, 0.1) is 6.92 Å². The Morgan fingerprint density at radius 1 is 1.56 bits per heavy atom. The van der Waals surface area contributed by atoms with E-state index in [1.54, 1.807) is 19.1 Å². The van der Waals surface area contributed by atoms with Gasteiger partial charge in [0.05, 0.1) is 19.1 Å². The maximum absolute atomic E-state index is 11.2. The van der Waals surface area contributed by atoms with Gasteiger partial charge >= 0.3 is 5.97 Å². The molecule has 1 aromatic carbocycles. The number of aliphatic hydroxyl groups is 1. The SMILES string of the molecule is CCOC(=O)CC(O)c1ccc(C)c(Cl)c1. The predicted octanol–water partition coefficient (Wildman–Crippen LogP) is 2.64. The fourth-order valence-electron chi connectivity index (χ4n) is 1.31. The summed E-state index contributed by atoms with van der Waals surface area (Å²) in [5.74, 6) is -0.410. The molecule has 1 atom stereocenters. The number of halogens is 1. The second-order valence-electron chi connectivity index (χ2n) is 3.53. The average molecular weight is 243 g/mol. The summed E-state index contributed by atoms with van der Waals surface area (Å²) in [6.07, 6.45) is -0.912. The monoisotopic (exact) mass is 242 g/mol. The Labute approximate surface area is 100.0 Å². The minimum Gasteiger partial charge on any atom is -0.466 e. The van der Waals surface area contributed by atoms with E-state index in [1.165, 1.54) is 0 Å². The van der Waals surface area contributed by atoms with Gasteiger partial charge in [-0.25, -0.2) is 0 Å². The van der Waals surface area contributed by atoms with Gasteiger partial charge in [-0.2, -0.15) is 0 Å². The van der Waals surface area contributed by atoms with Crippen LogP contribution >= 0.6 is 11.6 Å². The lowest BCUT2D eigenvalue weighted by atomic mass is 10.1. The number of hydrogen-bond donors (Lipinski definition) is 1. The highest BCUT2D eigenvalue weighted by atomic mass is 35.5. The van der Waals surface area contributed by atoms with Crippen molar-refractivity contribution in [2.24, 2.45) is 0 Å². The second kappa shape index (κ2) is 5.87. The first-order chi connectivity index (χ1) is 7.54. The summed E-state index contributed by atoms with van der Waals surface area (Å²) in [7, 11) is 0. The van der Waals surface area contributed by atoms with Crippen molar-refractivity contribution in [3.05, 3.63) is 34.3 Å². The van der Waals surface area contributed by atoms with E-state index in [-0.39, 0.29) is 6.42 Å². The van der Waals surface area contributed by atoms with Crippen LogP contribution in [0.15, 0.2) is 18.2 Å². The van der Waals surface area contributed by atoms with Crippen LogP contribution in [0.4, 0.5) is 0 Å². The first-order valence-corrected chi connectivity index (χ1v) is 5.52. The lowest BCUT2D eigenvalue weighted by molar-refractivity contribution is -0.145. The molecule has 0 aliphatic heterocycles. The zero-order valence-corrected chi connectivity index (χ0v) is 10.1. The van der Waals surface area contributed by atoms with Crippen LogP contribution in [0.3, 0.4) is 0 Å². The van der Waals surface area contributed by atoms with Crippen molar-refractivity contribution >= 4 is 17.6 Å². The highest BCUT2D eigenvalue weighted by Crippen LogP contribution is 2.23. The van der Waals surface area contributed by atoms with Gasteiger partial charge in [0.15, 0.2) is 0 Å². The first-order valence-electron chi connectivity index (χ1n) is 5.14. The molecule has 1 unspecified atom stereocenters. The molecule has 1 aromatic rings. The highest BCUT2D eigenvalue weighted by molar-refractivity contribution is 6.31. The van der Waals surface area contributed by atoms with Crippen molar-refractivity contribution in [1.82, 2.24) is 0 Å². The Balaban J connectivity index is 2.69. The predicted molar refractivity (Wildman–Crippen MR) is 62.4 cm³/mol. The summed E-state index contributed by atoms with van der Waals surface area (Å²) < 4.78 is 4.76. The molecule has 0 aliphatic carbocycles. The van der Waals surface area contributed by atoms with Gasteiger partial charge in [0, 0.05) is 5.02 Å². The van der Waals surface area contributed by atoms with Crippen molar-refractivity contribution in [3.8, 4) is 0 Å². The second-order valence-corrected chi connectivity index (χ2v) is 3.94. The average Bonchev–Trinajstić information content (AvgIpc) is 2.22. The molecular formula is C12H15ClO3. The molecule has 0 fully saturated rings. The van der Waals surface area contributed by atoms with E-state index < -0.39 is 12.1 Å². The molecule has 1 rings (SSSR count). The number of aliphatic hydroxyl groups excluding tert-OH is 1. The summed E-state index contributed by atoms with van der Waals surface area (Å²) in [6, 6.07) is 5.23. The van der Waals surface area contributed by atoms with Gasteiger partial charge in [0.1, 0.15) is 0 Å². The van der Waals surface area contributed by atoms with Gasteiger partial charge in [0.2, 0.25) is 0 Å². The minimum atomic E-state index is -0.864. The Bertz CT molecular complexity index is 377. The van der Waals surface area contributed by atoms with E-state index in [0.29, 0.717) is 17.2 Å². The Hall–Kier alpha value is -1.06. The van der Waals surface area contributed by atoms with E-state index in [1.807, 2.05) is 13.0 Å². The fraction of sp³-hybridized carbons (Fsp3) is 0.417. The van der Waals surface area contributed by atoms with E-state index in [0.717, 1.165) is 5.56 Å². The Morgan fingerprint density at radius 2 is 2.25 bits per heavy atom. The van der Waals surface area contributed by atoms with Gasteiger partial charge in [-0.1, -0.05) is 23.7 Å². The normalized spacial score (nSPS) is 12.2. The third-order valence-corrected chi connectivity index (χ3v) is 2.65. The molecule has 0 saturated carbocycles. The highest BCUT2D eigenvalue weighted by Gasteiger charge is 2.14.